The summed E-state index contributed by atoms with van der Waals surface area (Å²) in [5.41, 5.74) is 0. The Labute approximate surface area is 130 Å². The third-order valence-corrected chi connectivity index (χ3v) is 5.57. The van der Waals surface area contributed by atoms with Crippen LogP contribution in [0.5, 0.6) is 0 Å². The molecule has 1 N–H and O–H groups in total. The van der Waals surface area contributed by atoms with Crippen LogP contribution < -0.4 is 5.32 Å². The molecule has 0 radical (unpaired) electrons. The van der Waals surface area contributed by atoms with Crippen molar-refractivity contribution in [1.29, 1.82) is 0 Å². The lowest BCUT2D eigenvalue weighted by molar-refractivity contribution is 0.407. The lowest BCUT2D eigenvalue weighted by atomic mass is 10.3. The van der Waals surface area contributed by atoms with Crippen molar-refractivity contribution in [2.75, 3.05) is 25.9 Å². The molecule has 6 nitrogen and oxygen atoms in total. The Morgan fingerprint density at radius 2 is 2.33 bits per heavy atom. The van der Waals surface area contributed by atoms with E-state index in [2.05, 4.69) is 48.7 Å². The molecule has 1 aromatic heterocycles. The predicted molar refractivity (Wildman–Crippen MR) is 86.7 cm³/mol. The first-order valence-electron chi connectivity index (χ1n) is 7.80. The van der Waals surface area contributed by atoms with E-state index in [4.69, 9.17) is 0 Å². The summed E-state index contributed by atoms with van der Waals surface area (Å²) in [7, 11) is 1.86. The molecule has 3 rings (SSSR count). The smallest absolute Gasteiger partial charge is 0.194 e. The Bertz CT molecular complexity index is 512. The summed E-state index contributed by atoms with van der Waals surface area (Å²) in [5, 5.41) is 12.7. The maximum atomic E-state index is 4.44. The number of thioether (sulfide) groups is 1. The fourth-order valence-electron chi connectivity index (χ4n) is 2.99. The summed E-state index contributed by atoms with van der Waals surface area (Å²) in [6, 6.07) is 0. The minimum atomic E-state index is 0.708. The van der Waals surface area contributed by atoms with Crippen molar-refractivity contribution in [1.82, 2.24) is 25.0 Å². The van der Waals surface area contributed by atoms with Crippen molar-refractivity contribution in [3.63, 3.8) is 0 Å². The second-order valence-electron chi connectivity index (χ2n) is 5.54. The van der Waals surface area contributed by atoms with Gasteiger partial charge < -0.3 is 14.8 Å². The van der Waals surface area contributed by atoms with Crippen LogP contribution in [0.3, 0.4) is 0 Å². The molecule has 0 aliphatic carbocycles. The van der Waals surface area contributed by atoms with Gasteiger partial charge in [-0.3, -0.25) is 4.99 Å². The van der Waals surface area contributed by atoms with E-state index in [9.17, 15) is 0 Å². The summed E-state index contributed by atoms with van der Waals surface area (Å²) in [6.45, 7) is 6.17. The molecule has 0 bridgehead atoms. The zero-order valence-electron chi connectivity index (χ0n) is 12.9. The van der Waals surface area contributed by atoms with Gasteiger partial charge in [0.15, 0.2) is 11.8 Å². The van der Waals surface area contributed by atoms with Crippen LogP contribution in [0, 0.1) is 0 Å². The van der Waals surface area contributed by atoms with Crippen LogP contribution in [0.4, 0.5) is 0 Å². The molecule has 21 heavy (non-hydrogen) atoms. The van der Waals surface area contributed by atoms with Gasteiger partial charge in [0.05, 0.1) is 6.54 Å². The number of nitrogens with zero attached hydrogens (tertiary/aromatic N) is 5. The molecule has 0 aromatic carbocycles. The van der Waals surface area contributed by atoms with Crippen LogP contribution in [-0.2, 0) is 19.5 Å². The van der Waals surface area contributed by atoms with E-state index < -0.39 is 0 Å². The largest absolute Gasteiger partial charge is 0.349 e. The Balaban J connectivity index is 1.60. The predicted octanol–water partition coefficient (Wildman–Crippen LogP) is 1.13. The van der Waals surface area contributed by atoms with Crippen LogP contribution in [0.2, 0.25) is 0 Å². The van der Waals surface area contributed by atoms with E-state index in [1.165, 1.54) is 18.6 Å². The third-order valence-electron chi connectivity index (χ3n) is 4.20. The topological polar surface area (TPSA) is 58.3 Å². The normalized spacial score (nSPS) is 22.5. The van der Waals surface area contributed by atoms with Crippen molar-refractivity contribution < 1.29 is 0 Å². The monoisotopic (exact) mass is 308 g/mol. The van der Waals surface area contributed by atoms with Crippen LogP contribution in [0.15, 0.2) is 4.99 Å². The summed E-state index contributed by atoms with van der Waals surface area (Å²) >= 11 is 2.08. The SMILES string of the molecule is CCC1CN(C(=NC)NCc2nnc3n2CCC3)CCS1. The molecule has 1 atom stereocenters. The van der Waals surface area contributed by atoms with Crippen molar-refractivity contribution in [2.24, 2.45) is 4.99 Å². The molecular weight excluding hydrogens is 284 g/mol. The maximum absolute atomic E-state index is 4.44. The molecule has 1 unspecified atom stereocenters. The number of aryl methyl sites for hydroxylation is 1. The van der Waals surface area contributed by atoms with Crippen molar-refractivity contribution in [3.8, 4) is 0 Å². The highest BCUT2D eigenvalue weighted by Gasteiger charge is 2.22. The van der Waals surface area contributed by atoms with Gasteiger partial charge in [-0.05, 0) is 12.8 Å². The van der Waals surface area contributed by atoms with Gasteiger partial charge in [-0.25, -0.2) is 0 Å². The number of hydrogen-bond acceptors (Lipinski definition) is 4. The van der Waals surface area contributed by atoms with E-state index in [0.29, 0.717) is 6.54 Å². The number of fused-ring (bicyclic) bond motifs is 1. The fraction of sp³-hybridized carbons (Fsp3) is 0.786. The molecule has 2 aliphatic rings. The summed E-state index contributed by atoms with van der Waals surface area (Å²) in [5.74, 6) is 4.33. The van der Waals surface area contributed by atoms with Crippen molar-refractivity contribution >= 4 is 17.7 Å². The zero-order chi connectivity index (χ0) is 14.7. The zero-order valence-corrected chi connectivity index (χ0v) is 13.7. The highest BCUT2D eigenvalue weighted by Crippen LogP contribution is 2.21. The first-order chi connectivity index (χ1) is 10.3. The van der Waals surface area contributed by atoms with Crippen LogP contribution >= 0.6 is 11.8 Å². The minimum absolute atomic E-state index is 0.708. The first-order valence-corrected chi connectivity index (χ1v) is 8.84. The summed E-state index contributed by atoms with van der Waals surface area (Å²) in [6.07, 6.45) is 3.47. The van der Waals surface area contributed by atoms with Gasteiger partial charge in [0.1, 0.15) is 5.82 Å². The van der Waals surface area contributed by atoms with Gasteiger partial charge in [0.2, 0.25) is 0 Å². The van der Waals surface area contributed by atoms with Gasteiger partial charge in [-0.1, -0.05) is 6.92 Å². The Kier molecular flexibility index (Phi) is 4.67. The maximum Gasteiger partial charge on any atom is 0.194 e. The Hall–Kier alpha value is -1.24. The number of hydrogen-bond donors (Lipinski definition) is 1. The molecule has 1 aromatic rings. The Morgan fingerprint density at radius 3 is 3.14 bits per heavy atom. The third kappa shape index (κ3) is 3.17. The molecule has 0 spiro atoms. The molecule has 1 fully saturated rings. The van der Waals surface area contributed by atoms with Crippen molar-refractivity contribution in [2.45, 2.75) is 44.5 Å². The fourth-order valence-corrected chi connectivity index (χ4v) is 4.17. The molecular formula is C14H24N6S. The summed E-state index contributed by atoms with van der Waals surface area (Å²) in [4.78, 5) is 6.81. The second-order valence-corrected chi connectivity index (χ2v) is 6.94. The van der Waals surface area contributed by atoms with Gasteiger partial charge in [-0.2, -0.15) is 11.8 Å². The molecule has 1 saturated heterocycles. The average Bonchev–Trinajstić information content (AvgIpc) is 3.12. The van der Waals surface area contributed by atoms with Gasteiger partial charge in [-0.15, -0.1) is 10.2 Å². The first kappa shape index (κ1) is 14.7. The van der Waals surface area contributed by atoms with E-state index in [1.54, 1.807) is 0 Å². The van der Waals surface area contributed by atoms with E-state index in [0.717, 1.165) is 48.9 Å². The van der Waals surface area contributed by atoms with Gasteiger partial charge >= 0.3 is 0 Å². The van der Waals surface area contributed by atoms with Gasteiger partial charge in [0.25, 0.3) is 0 Å². The minimum Gasteiger partial charge on any atom is -0.349 e. The number of nitrogens with one attached hydrogen (secondary N) is 1. The highest BCUT2D eigenvalue weighted by molar-refractivity contribution is 8.00. The van der Waals surface area contributed by atoms with E-state index in [-0.39, 0.29) is 0 Å². The number of guanidine groups is 1. The highest BCUT2D eigenvalue weighted by atomic mass is 32.2. The molecule has 0 saturated carbocycles. The number of aliphatic imine (C=N–C) groups is 1. The Morgan fingerprint density at radius 1 is 1.43 bits per heavy atom. The lowest BCUT2D eigenvalue weighted by Gasteiger charge is -2.34. The molecule has 0 amide bonds. The molecule has 116 valence electrons. The van der Waals surface area contributed by atoms with Crippen LogP contribution in [-0.4, -0.2) is 56.8 Å². The summed E-state index contributed by atoms with van der Waals surface area (Å²) < 4.78 is 2.24. The molecule has 7 heteroatoms. The van der Waals surface area contributed by atoms with Gasteiger partial charge in [0, 0.05) is 44.1 Å². The van der Waals surface area contributed by atoms with E-state index in [1.807, 2.05) is 7.05 Å². The van der Waals surface area contributed by atoms with Crippen LogP contribution in [0.1, 0.15) is 31.4 Å². The average molecular weight is 308 g/mol. The molecule has 3 heterocycles. The molecule has 2 aliphatic heterocycles. The number of rotatable bonds is 3. The number of aromatic nitrogens is 3. The lowest BCUT2D eigenvalue weighted by Crippen LogP contribution is -2.47. The van der Waals surface area contributed by atoms with Crippen molar-refractivity contribution in [3.05, 3.63) is 11.6 Å². The standard InChI is InChI=1S/C14H24N6S/c1-3-11-10-19(7-8-21-11)14(15-2)16-9-13-18-17-12-5-4-6-20(12)13/h11H,3-10H2,1-2H3,(H,15,16). The van der Waals surface area contributed by atoms with Crippen LogP contribution in [0.25, 0.3) is 0 Å². The second kappa shape index (κ2) is 6.68. The quantitative estimate of drug-likeness (QED) is 0.670. The van der Waals surface area contributed by atoms with E-state index >= 15 is 0 Å².